The lowest BCUT2D eigenvalue weighted by molar-refractivity contribution is 0.633. The highest BCUT2D eigenvalue weighted by atomic mass is 19.1. The monoisotopic (exact) mass is 218 g/mol. The molecule has 0 amide bonds. The van der Waals surface area contributed by atoms with Crippen molar-refractivity contribution in [1.29, 1.82) is 0 Å². The van der Waals surface area contributed by atoms with Gasteiger partial charge in [-0.05, 0) is 6.07 Å². The van der Waals surface area contributed by atoms with Crippen LogP contribution in [0.5, 0.6) is 0 Å². The van der Waals surface area contributed by atoms with Gasteiger partial charge in [0.25, 0.3) is 0 Å². The summed E-state index contributed by atoms with van der Waals surface area (Å²) in [6.07, 6.45) is 4.07. The Morgan fingerprint density at radius 2 is 2.19 bits per heavy atom. The summed E-state index contributed by atoms with van der Waals surface area (Å²) in [4.78, 5) is 0. The van der Waals surface area contributed by atoms with E-state index in [1.165, 1.54) is 0 Å². The molecule has 16 heavy (non-hydrogen) atoms. The Morgan fingerprint density at radius 3 is 2.88 bits per heavy atom. The molecule has 0 radical (unpaired) electrons. The molecule has 84 valence electrons. The minimum atomic E-state index is -0.212. The first kappa shape index (κ1) is 11.2. The van der Waals surface area contributed by atoms with Gasteiger partial charge in [-0.1, -0.05) is 38.0 Å². The summed E-state index contributed by atoms with van der Waals surface area (Å²) in [5, 5.41) is 4.99. The molecule has 4 heteroatoms. The number of aryl methyl sites for hydroxylation is 1. The molecule has 0 N–H and O–H groups in total. The van der Waals surface area contributed by atoms with E-state index in [4.69, 9.17) is 0 Å². The van der Waals surface area contributed by atoms with Gasteiger partial charge >= 0.3 is 0 Å². The number of hydrogen-bond acceptors (Lipinski definition) is 1. The van der Waals surface area contributed by atoms with Crippen molar-refractivity contribution in [3.05, 3.63) is 24.1 Å². The largest absolute Gasteiger partial charge is 0.274 e. The van der Waals surface area contributed by atoms with Gasteiger partial charge in [-0.3, -0.25) is 4.68 Å². The van der Waals surface area contributed by atoms with Crippen LogP contribution in [0.3, 0.4) is 0 Å². The molecule has 2 nitrogen and oxygen atoms in total. The number of benzene rings is 1. The third kappa shape index (κ3) is 1.97. The summed E-state index contributed by atoms with van der Waals surface area (Å²) < 4.78 is 15.4. The van der Waals surface area contributed by atoms with Crippen molar-refractivity contribution in [3.63, 3.8) is 0 Å². The molecule has 0 aliphatic heterocycles. The van der Waals surface area contributed by atoms with Crippen LogP contribution in [-0.4, -0.2) is 16.5 Å². The van der Waals surface area contributed by atoms with Crippen LogP contribution in [0.1, 0.15) is 13.3 Å². The first-order valence-electron chi connectivity index (χ1n) is 5.74. The van der Waals surface area contributed by atoms with Crippen LogP contribution in [0.4, 0.5) is 4.39 Å². The fourth-order valence-electron chi connectivity index (χ4n) is 2.12. The van der Waals surface area contributed by atoms with Gasteiger partial charge in [0.05, 0.1) is 0 Å². The lowest BCUT2D eigenvalue weighted by Crippen LogP contribution is -2.26. The minimum absolute atomic E-state index is 0.212. The predicted molar refractivity (Wildman–Crippen MR) is 67.0 cm³/mol. The predicted octanol–water partition coefficient (Wildman–Crippen LogP) is 2.45. The van der Waals surface area contributed by atoms with E-state index in [9.17, 15) is 4.39 Å². The van der Waals surface area contributed by atoms with Crippen LogP contribution in [0.2, 0.25) is 13.1 Å². The molecule has 0 spiro atoms. The Morgan fingerprint density at radius 1 is 1.44 bits per heavy atom. The molecule has 0 atom stereocenters. The summed E-state index contributed by atoms with van der Waals surface area (Å²) in [6, 6.07) is 3.67. The molecule has 0 fully saturated rings. The molecular weight excluding hydrogens is 202 g/mol. The molecule has 2 rings (SSSR count). The number of fused-ring (bicyclic) bond motifs is 1. The highest BCUT2D eigenvalue weighted by Gasteiger charge is 2.13. The van der Waals surface area contributed by atoms with E-state index >= 15 is 0 Å². The Kier molecular flexibility index (Phi) is 2.99. The van der Waals surface area contributed by atoms with Gasteiger partial charge in [0.2, 0.25) is 0 Å². The standard InChI is InChI=1S/C12H16BFN2/c1-4-5-13(2)10-6-9-8-16(3)15-12(9)11(14)7-10/h6-8H,4-5H2,1-3H3. The Hall–Kier alpha value is -1.32. The van der Waals surface area contributed by atoms with Gasteiger partial charge in [-0.25, -0.2) is 4.39 Å². The topological polar surface area (TPSA) is 17.8 Å². The van der Waals surface area contributed by atoms with E-state index in [0.29, 0.717) is 12.2 Å². The van der Waals surface area contributed by atoms with Crippen molar-refractivity contribution in [2.24, 2.45) is 7.05 Å². The van der Waals surface area contributed by atoms with Crippen LogP contribution in [-0.2, 0) is 7.05 Å². The first-order valence-corrected chi connectivity index (χ1v) is 5.74. The maximum atomic E-state index is 13.8. The molecule has 1 aromatic heterocycles. The second kappa shape index (κ2) is 4.28. The van der Waals surface area contributed by atoms with E-state index in [1.54, 1.807) is 10.7 Å². The van der Waals surface area contributed by atoms with Gasteiger partial charge in [-0.15, -0.1) is 0 Å². The van der Waals surface area contributed by atoms with Crippen molar-refractivity contribution in [2.75, 3.05) is 0 Å². The molecule has 0 aliphatic carbocycles. The van der Waals surface area contributed by atoms with Crippen molar-refractivity contribution >= 4 is 23.1 Å². The maximum absolute atomic E-state index is 13.8. The Balaban J connectivity index is 2.48. The first-order chi connectivity index (χ1) is 7.61. The van der Waals surface area contributed by atoms with E-state index in [0.717, 1.165) is 23.6 Å². The number of nitrogens with zero attached hydrogens (tertiary/aromatic N) is 2. The van der Waals surface area contributed by atoms with Crippen LogP contribution in [0.25, 0.3) is 10.9 Å². The summed E-state index contributed by atoms with van der Waals surface area (Å²) in [6.45, 7) is 4.69. The summed E-state index contributed by atoms with van der Waals surface area (Å²) in [5.41, 5.74) is 1.54. The lowest BCUT2D eigenvalue weighted by atomic mass is 9.44. The molecule has 0 saturated carbocycles. The second-order valence-corrected chi connectivity index (χ2v) is 4.43. The van der Waals surface area contributed by atoms with Gasteiger partial charge in [0, 0.05) is 18.6 Å². The molecule has 1 heterocycles. The minimum Gasteiger partial charge on any atom is -0.274 e. The van der Waals surface area contributed by atoms with E-state index in [1.807, 2.05) is 19.3 Å². The van der Waals surface area contributed by atoms with Crippen LogP contribution in [0, 0.1) is 5.82 Å². The zero-order valence-corrected chi connectivity index (χ0v) is 10.00. The smallest absolute Gasteiger partial charge is 0.172 e. The zero-order chi connectivity index (χ0) is 11.7. The molecule has 1 aromatic carbocycles. The van der Waals surface area contributed by atoms with Crippen molar-refractivity contribution < 1.29 is 4.39 Å². The third-order valence-electron chi connectivity index (χ3n) is 2.99. The maximum Gasteiger partial charge on any atom is 0.172 e. The number of rotatable bonds is 3. The third-order valence-corrected chi connectivity index (χ3v) is 2.99. The van der Waals surface area contributed by atoms with Gasteiger partial charge in [0.15, 0.2) is 12.5 Å². The quantitative estimate of drug-likeness (QED) is 0.723. The Bertz CT molecular complexity index is 507. The zero-order valence-electron chi connectivity index (χ0n) is 10.00. The number of aromatic nitrogens is 2. The van der Waals surface area contributed by atoms with E-state index < -0.39 is 0 Å². The molecule has 0 saturated heterocycles. The molecular formula is C12H16BFN2. The average Bonchev–Trinajstić information content (AvgIpc) is 2.59. The van der Waals surface area contributed by atoms with Crippen molar-refractivity contribution in [2.45, 2.75) is 26.5 Å². The van der Waals surface area contributed by atoms with Gasteiger partial charge < -0.3 is 0 Å². The fraction of sp³-hybridized carbons (Fsp3) is 0.417. The Labute approximate surface area is 95.5 Å². The van der Waals surface area contributed by atoms with Crippen LogP contribution >= 0.6 is 0 Å². The number of halogens is 1. The molecule has 2 aromatic rings. The fourth-order valence-corrected chi connectivity index (χ4v) is 2.12. The van der Waals surface area contributed by atoms with Crippen LogP contribution in [0.15, 0.2) is 18.3 Å². The highest BCUT2D eigenvalue weighted by Crippen LogP contribution is 2.15. The van der Waals surface area contributed by atoms with E-state index in [-0.39, 0.29) is 5.82 Å². The van der Waals surface area contributed by atoms with Crippen molar-refractivity contribution in [1.82, 2.24) is 9.78 Å². The van der Waals surface area contributed by atoms with E-state index in [2.05, 4.69) is 18.8 Å². The molecule has 0 bridgehead atoms. The second-order valence-electron chi connectivity index (χ2n) is 4.43. The van der Waals surface area contributed by atoms with Gasteiger partial charge in [0.1, 0.15) is 5.52 Å². The number of hydrogen-bond donors (Lipinski definition) is 0. The lowest BCUT2D eigenvalue weighted by Gasteiger charge is -2.07. The highest BCUT2D eigenvalue weighted by molar-refractivity contribution is 6.72. The molecule has 0 unspecified atom stereocenters. The van der Waals surface area contributed by atoms with Gasteiger partial charge in [-0.2, -0.15) is 5.10 Å². The normalized spacial score (nSPS) is 11.0. The summed E-state index contributed by atoms with van der Waals surface area (Å²) in [5.74, 6) is -0.212. The summed E-state index contributed by atoms with van der Waals surface area (Å²) >= 11 is 0. The SMILES string of the molecule is CCCB(C)c1cc(F)c2nn(C)cc2c1. The average molecular weight is 218 g/mol. The summed E-state index contributed by atoms with van der Waals surface area (Å²) in [7, 11) is 1.81. The molecule has 0 aliphatic rings. The van der Waals surface area contributed by atoms with Crippen molar-refractivity contribution in [3.8, 4) is 0 Å². The van der Waals surface area contributed by atoms with Crippen LogP contribution < -0.4 is 5.46 Å².